The number of rotatable bonds is 5. The van der Waals surface area contributed by atoms with E-state index in [0.29, 0.717) is 5.82 Å². The molecular weight excluding hydrogens is 311 g/mol. The van der Waals surface area contributed by atoms with Gasteiger partial charge in [0.2, 0.25) is 0 Å². The SMILES string of the molecule is COc1ccc(OCc2ncccn2)c([B-](F)(F)F)c1.[K+]. The number of benzene rings is 1. The summed E-state index contributed by atoms with van der Waals surface area (Å²) in [6.07, 6.45) is 2.99. The van der Waals surface area contributed by atoms with E-state index in [1.807, 2.05) is 0 Å². The van der Waals surface area contributed by atoms with Crippen LogP contribution in [0.25, 0.3) is 0 Å². The molecule has 0 aliphatic rings. The maximum atomic E-state index is 13.0. The molecule has 0 aliphatic carbocycles. The zero-order chi connectivity index (χ0) is 14.6. The van der Waals surface area contributed by atoms with Crippen molar-refractivity contribution in [3.8, 4) is 11.5 Å². The number of methoxy groups -OCH3 is 1. The minimum Gasteiger partial charge on any atom is -0.497 e. The summed E-state index contributed by atoms with van der Waals surface area (Å²) in [7, 11) is 1.31. The van der Waals surface area contributed by atoms with Crippen molar-refractivity contribution in [2.24, 2.45) is 0 Å². The number of halogens is 3. The van der Waals surface area contributed by atoms with Crippen molar-refractivity contribution in [3.05, 3.63) is 42.5 Å². The van der Waals surface area contributed by atoms with Gasteiger partial charge >= 0.3 is 58.4 Å². The summed E-state index contributed by atoms with van der Waals surface area (Å²) in [6.45, 7) is -5.33. The van der Waals surface area contributed by atoms with Crippen LogP contribution in [-0.2, 0) is 6.61 Å². The van der Waals surface area contributed by atoms with Crippen LogP contribution in [0.5, 0.6) is 11.5 Å². The van der Waals surface area contributed by atoms with Gasteiger partial charge in [0, 0.05) is 12.4 Å². The number of nitrogens with zero attached hydrogens (tertiary/aromatic N) is 2. The molecule has 0 fully saturated rings. The maximum Gasteiger partial charge on any atom is 1.00 e. The maximum absolute atomic E-state index is 13.0. The number of aromatic nitrogens is 2. The Kier molecular flexibility index (Phi) is 7.15. The Labute approximate surface area is 162 Å². The third-order valence-electron chi connectivity index (χ3n) is 2.55. The average Bonchev–Trinajstić information content (AvgIpc) is 2.45. The number of ether oxygens (including phenoxy) is 2. The fourth-order valence-corrected chi connectivity index (χ4v) is 1.59. The third kappa shape index (κ3) is 5.26. The molecule has 0 bridgehead atoms. The Morgan fingerprint density at radius 2 is 1.81 bits per heavy atom. The fraction of sp³-hybridized carbons (Fsp3) is 0.167. The third-order valence-corrected chi connectivity index (χ3v) is 2.55. The van der Waals surface area contributed by atoms with Crippen LogP contribution in [0.15, 0.2) is 36.7 Å². The smallest absolute Gasteiger partial charge is 0.497 e. The van der Waals surface area contributed by atoms with Gasteiger partial charge < -0.3 is 22.4 Å². The molecule has 0 aliphatic heterocycles. The zero-order valence-electron chi connectivity index (χ0n) is 11.6. The fourth-order valence-electron chi connectivity index (χ4n) is 1.59. The van der Waals surface area contributed by atoms with E-state index in [1.54, 1.807) is 6.07 Å². The van der Waals surface area contributed by atoms with Crippen molar-refractivity contribution in [2.45, 2.75) is 6.61 Å². The van der Waals surface area contributed by atoms with E-state index < -0.39 is 12.4 Å². The molecule has 0 spiro atoms. The summed E-state index contributed by atoms with van der Waals surface area (Å²) >= 11 is 0. The first kappa shape index (κ1) is 18.4. The Balaban J connectivity index is 0.00000220. The van der Waals surface area contributed by atoms with Crippen molar-refractivity contribution < 1.29 is 73.8 Å². The summed E-state index contributed by atoms with van der Waals surface area (Å²) in [5, 5.41) is 0. The Hall–Kier alpha value is -0.609. The molecule has 1 aromatic carbocycles. The molecule has 0 atom stereocenters. The molecule has 9 heteroatoms. The van der Waals surface area contributed by atoms with Gasteiger partial charge in [0.25, 0.3) is 0 Å². The first-order valence-electron chi connectivity index (χ1n) is 5.77. The van der Waals surface area contributed by atoms with Gasteiger partial charge in [-0.05, 0) is 24.3 Å². The standard InChI is InChI=1S/C12H11BF3N2O2.K/c1-19-9-3-4-11(10(7-9)13(14,15)16)20-8-12-17-5-2-6-18-12;/h2-7H,8H2,1H3;/q-1;+1. The quantitative estimate of drug-likeness (QED) is 0.671. The van der Waals surface area contributed by atoms with E-state index in [1.165, 1.54) is 31.6 Å². The van der Waals surface area contributed by atoms with Crippen LogP contribution in [0.2, 0.25) is 0 Å². The van der Waals surface area contributed by atoms with Crippen LogP contribution in [0.3, 0.4) is 0 Å². The monoisotopic (exact) mass is 322 g/mol. The van der Waals surface area contributed by atoms with Crippen LogP contribution in [0.4, 0.5) is 12.9 Å². The molecule has 21 heavy (non-hydrogen) atoms. The minimum atomic E-state index is -5.19. The van der Waals surface area contributed by atoms with Gasteiger partial charge in [-0.15, -0.1) is 0 Å². The first-order valence-corrected chi connectivity index (χ1v) is 5.77. The zero-order valence-corrected chi connectivity index (χ0v) is 14.7. The molecule has 1 aromatic heterocycles. The van der Waals surface area contributed by atoms with Gasteiger partial charge in [-0.2, -0.15) is 0 Å². The molecule has 2 rings (SSSR count). The largest absolute Gasteiger partial charge is 1.00 e. The molecule has 2 aromatic rings. The topological polar surface area (TPSA) is 44.2 Å². The second-order valence-electron chi connectivity index (χ2n) is 3.93. The molecular formula is C12H11BF3KN2O2. The molecule has 0 unspecified atom stereocenters. The predicted molar refractivity (Wildman–Crippen MR) is 68.1 cm³/mol. The number of hydrogen-bond acceptors (Lipinski definition) is 4. The van der Waals surface area contributed by atoms with Gasteiger partial charge in [-0.1, -0.05) is 5.46 Å². The van der Waals surface area contributed by atoms with Crippen molar-refractivity contribution in [1.82, 2.24) is 9.97 Å². The predicted octanol–water partition coefficient (Wildman–Crippen LogP) is -0.877. The molecule has 0 N–H and O–H groups in total. The minimum absolute atomic E-state index is 0. The molecule has 0 amide bonds. The number of hydrogen-bond donors (Lipinski definition) is 0. The second-order valence-corrected chi connectivity index (χ2v) is 3.93. The summed E-state index contributed by atoms with van der Waals surface area (Å²) in [5.74, 6) is 0.178. The van der Waals surface area contributed by atoms with E-state index in [-0.39, 0.29) is 69.5 Å². The van der Waals surface area contributed by atoms with Gasteiger partial charge in [0.15, 0.2) is 5.82 Å². The van der Waals surface area contributed by atoms with E-state index >= 15 is 0 Å². The molecule has 0 saturated heterocycles. The Morgan fingerprint density at radius 3 is 2.38 bits per heavy atom. The Bertz CT molecular complexity index is 584. The van der Waals surface area contributed by atoms with Crippen molar-refractivity contribution in [1.29, 1.82) is 0 Å². The second kappa shape index (κ2) is 8.14. The van der Waals surface area contributed by atoms with Crippen LogP contribution in [-0.4, -0.2) is 24.1 Å². The van der Waals surface area contributed by atoms with Crippen molar-refractivity contribution >= 4 is 12.4 Å². The van der Waals surface area contributed by atoms with Gasteiger partial charge in [0.05, 0.1) is 12.9 Å². The van der Waals surface area contributed by atoms with Gasteiger partial charge in [0.1, 0.15) is 12.4 Å². The Morgan fingerprint density at radius 1 is 1.14 bits per heavy atom. The van der Waals surface area contributed by atoms with Crippen LogP contribution < -0.4 is 66.3 Å². The van der Waals surface area contributed by atoms with Crippen LogP contribution in [0, 0.1) is 0 Å². The van der Waals surface area contributed by atoms with Gasteiger partial charge in [-0.25, -0.2) is 9.97 Å². The molecule has 1 heterocycles. The summed E-state index contributed by atoms with van der Waals surface area (Å²) < 4.78 is 48.9. The van der Waals surface area contributed by atoms with E-state index in [2.05, 4.69) is 9.97 Å². The van der Waals surface area contributed by atoms with Gasteiger partial charge in [-0.3, -0.25) is 0 Å². The van der Waals surface area contributed by atoms with Crippen LogP contribution >= 0.6 is 0 Å². The van der Waals surface area contributed by atoms with E-state index in [4.69, 9.17) is 9.47 Å². The average molecular weight is 322 g/mol. The molecule has 0 radical (unpaired) electrons. The van der Waals surface area contributed by atoms with E-state index in [9.17, 15) is 12.9 Å². The normalized spacial score (nSPS) is 10.7. The summed E-state index contributed by atoms with van der Waals surface area (Å²) in [5.41, 5.74) is -0.833. The van der Waals surface area contributed by atoms with Crippen molar-refractivity contribution in [3.63, 3.8) is 0 Å². The summed E-state index contributed by atoms with van der Waals surface area (Å²) in [4.78, 5) is 7.76. The van der Waals surface area contributed by atoms with Crippen LogP contribution in [0.1, 0.15) is 5.82 Å². The van der Waals surface area contributed by atoms with E-state index in [0.717, 1.165) is 6.07 Å². The molecule has 4 nitrogen and oxygen atoms in total. The first-order chi connectivity index (χ1) is 9.50. The molecule has 0 saturated carbocycles. The molecule has 106 valence electrons. The summed E-state index contributed by atoms with van der Waals surface area (Å²) in [6, 6.07) is 5.17. The van der Waals surface area contributed by atoms with Crippen molar-refractivity contribution in [2.75, 3.05) is 7.11 Å².